The van der Waals surface area contributed by atoms with E-state index in [0.29, 0.717) is 5.92 Å². The van der Waals surface area contributed by atoms with Crippen LogP contribution in [0.2, 0.25) is 0 Å². The zero-order valence-electron chi connectivity index (χ0n) is 9.39. The minimum Gasteiger partial charge on any atom is -0.293 e. The first-order chi connectivity index (χ1) is 7.75. The van der Waals surface area contributed by atoms with Crippen molar-refractivity contribution in [3.8, 4) is 0 Å². The second-order valence-electron chi connectivity index (χ2n) is 4.01. The van der Waals surface area contributed by atoms with E-state index in [2.05, 4.69) is 35.8 Å². The fraction of sp³-hybridized carbons (Fsp3) is 0.308. The van der Waals surface area contributed by atoms with Crippen LogP contribution in [0.4, 0.5) is 0 Å². The molecule has 0 aliphatic carbocycles. The third-order valence-corrected chi connectivity index (χ3v) is 2.71. The summed E-state index contributed by atoms with van der Waals surface area (Å²) in [5.41, 5.74) is 4.10. The Labute approximate surface area is 95.7 Å². The first-order valence-electron chi connectivity index (χ1n) is 5.53. The highest BCUT2D eigenvalue weighted by molar-refractivity contribution is 5.72. The lowest BCUT2D eigenvalue weighted by molar-refractivity contribution is -0.122. The molecule has 16 heavy (non-hydrogen) atoms. The third kappa shape index (κ3) is 2.63. The molecule has 0 bridgehead atoms. The van der Waals surface area contributed by atoms with Crippen molar-refractivity contribution in [3.05, 3.63) is 48.2 Å². The molecule has 0 saturated carbocycles. The smallest absolute Gasteiger partial charge is 0.235 e. The first-order valence-corrected chi connectivity index (χ1v) is 5.53. The van der Waals surface area contributed by atoms with Crippen LogP contribution in [0.15, 0.2) is 42.6 Å². The van der Waals surface area contributed by atoms with E-state index in [4.69, 9.17) is 0 Å². The van der Waals surface area contributed by atoms with Gasteiger partial charge in [-0.2, -0.15) is 0 Å². The maximum Gasteiger partial charge on any atom is 0.235 e. The topological polar surface area (TPSA) is 32.3 Å². The molecule has 3 heteroatoms. The molecule has 0 spiro atoms. The van der Waals surface area contributed by atoms with E-state index < -0.39 is 0 Å². The number of nitrogens with zero attached hydrogens (tertiary/aromatic N) is 1. The summed E-state index contributed by atoms with van der Waals surface area (Å²) >= 11 is 0. The predicted octanol–water partition coefficient (Wildman–Crippen LogP) is 2.04. The maximum absolute atomic E-state index is 10.9. The molecule has 1 heterocycles. The maximum atomic E-state index is 10.9. The Morgan fingerprint density at radius 3 is 2.69 bits per heavy atom. The second kappa shape index (κ2) is 4.84. The van der Waals surface area contributed by atoms with E-state index in [1.807, 2.05) is 17.3 Å². The van der Waals surface area contributed by atoms with Crippen LogP contribution in [0.25, 0.3) is 0 Å². The number of carbonyl (C=O) groups excluding carboxylic acids is 1. The summed E-state index contributed by atoms with van der Waals surface area (Å²) in [6.45, 7) is 2.38. The number of rotatable bonds is 2. The number of allylic oxidation sites excluding steroid dienone is 1. The van der Waals surface area contributed by atoms with Gasteiger partial charge in [-0.05, 0) is 12.0 Å². The second-order valence-corrected chi connectivity index (χ2v) is 4.01. The van der Waals surface area contributed by atoms with E-state index in [-0.39, 0.29) is 5.91 Å². The summed E-state index contributed by atoms with van der Waals surface area (Å²) in [6, 6.07) is 10.4. The Morgan fingerprint density at radius 2 is 2.12 bits per heavy atom. The van der Waals surface area contributed by atoms with Gasteiger partial charge >= 0.3 is 0 Å². The molecule has 1 unspecified atom stereocenters. The van der Waals surface area contributed by atoms with Crippen molar-refractivity contribution in [3.63, 3.8) is 0 Å². The SMILES string of the molecule is CC(=O)NN1C=CC(c2ccccc2)CC1. The van der Waals surface area contributed by atoms with E-state index in [0.717, 1.165) is 13.0 Å². The molecule has 1 N–H and O–H groups in total. The van der Waals surface area contributed by atoms with Crippen LogP contribution in [0, 0.1) is 0 Å². The molecule has 0 aromatic heterocycles. The van der Waals surface area contributed by atoms with Crippen LogP contribution >= 0.6 is 0 Å². The molecule has 0 fully saturated rings. The average Bonchev–Trinajstić information content (AvgIpc) is 2.30. The van der Waals surface area contributed by atoms with Gasteiger partial charge in [-0.3, -0.25) is 15.2 Å². The monoisotopic (exact) mass is 216 g/mol. The van der Waals surface area contributed by atoms with Crippen molar-refractivity contribution < 1.29 is 4.79 Å². The molecule has 1 aromatic rings. The number of amides is 1. The predicted molar refractivity (Wildman–Crippen MR) is 63.5 cm³/mol. The van der Waals surface area contributed by atoms with Gasteiger partial charge in [0, 0.05) is 25.6 Å². The lowest BCUT2D eigenvalue weighted by Crippen LogP contribution is -2.39. The zero-order valence-corrected chi connectivity index (χ0v) is 9.39. The van der Waals surface area contributed by atoms with Crippen molar-refractivity contribution in [1.82, 2.24) is 10.4 Å². The molecule has 3 nitrogen and oxygen atoms in total. The Hall–Kier alpha value is -1.77. The highest BCUT2D eigenvalue weighted by Crippen LogP contribution is 2.24. The van der Waals surface area contributed by atoms with Crippen LogP contribution < -0.4 is 5.43 Å². The van der Waals surface area contributed by atoms with Crippen LogP contribution in [-0.2, 0) is 4.79 Å². The quantitative estimate of drug-likeness (QED) is 0.820. The van der Waals surface area contributed by atoms with Crippen LogP contribution in [0.5, 0.6) is 0 Å². The number of hydrazine groups is 1. The van der Waals surface area contributed by atoms with Gasteiger partial charge in [-0.25, -0.2) is 0 Å². The number of carbonyl (C=O) groups is 1. The molecule has 2 rings (SSSR count). The van der Waals surface area contributed by atoms with Gasteiger partial charge in [-0.1, -0.05) is 36.4 Å². The van der Waals surface area contributed by atoms with E-state index >= 15 is 0 Å². The Bertz CT molecular complexity index is 386. The minimum absolute atomic E-state index is 0.0252. The standard InChI is InChI=1S/C13H16N2O/c1-11(16)14-15-9-7-13(8-10-15)12-5-3-2-4-6-12/h2-7,9,13H,8,10H2,1H3,(H,14,16). The van der Waals surface area contributed by atoms with Crippen molar-refractivity contribution in [2.24, 2.45) is 0 Å². The third-order valence-electron chi connectivity index (χ3n) is 2.71. The van der Waals surface area contributed by atoms with Gasteiger partial charge in [-0.15, -0.1) is 0 Å². The number of hydrogen-bond acceptors (Lipinski definition) is 2. The van der Waals surface area contributed by atoms with Crippen molar-refractivity contribution in [1.29, 1.82) is 0 Å². The zero-order chi connectivity index (χ0) is 11.4. The van der Waals surface area contributed by atoms with Gasteiger partial charge in [0.15, 0.2) is 0 Å². The van der Waals surface area contributed by atoms with E-state index in [1.165, 1.54) is 12.5 Å². The summed E-state index contributed by atoms with van der Waals surface area (Å²) in [6.07, 6.45) is 5.11. The summed E-state index contributed by atoms with van der Waals surface area (Å²) in [5, 5.41) is 1.84. The molecule has 84 valence electrons. The highest BCUT2D eigenvalue weighted by Gasteiger charge is 2.14. The molecule has 0 saturated heterocycles. The molecule has 1 amide bonds. The molecular formula is C13H16N2O. The molecule has 1 aromatic carbocycles. The van der Waals surface area contributed by atoms with Crippen molar-refractivity contribution in [2.75, 3.05) is 6.54 Å². The molecular weight excluding hydrogens is 200 g/mol. The largest absolute Gasteiger partial charge is 0.293 e. The average molecular weight is 216 g/mol. The Kier molecular flexibility index (Phi) is 3.25. The summed E-state index contributed by atoms with van der Waals surface area (Å²) in [5.74, 6) is 0.439. The minimum atomic E-state index is -0.0252. The van der Waals surface area contributed by atoms with Crippen molar-refractivity contribution >= 4 is 5.91 Å². The van der Waals surface area contributed by atoms with E-state index in [1.54, 1.807) is 0 Å². The molecule has 1 aliphatic heterocycles. The molecule has 1 atom stereocenters. The number of benzene rings is 1. The van der Waals surface area contributed by atoms with Gasteiger partial charge in [0.2, 0.25) is 5.91 Å². The van der Waals surface area contributed by atoms with Crippen LogP contribution in [0.1, 0.15) is 24.8 Å². The van der Waals surface area contributed by atoms with Crippen LogP contribution in [0.3, 0.4) is 0 Å². The highest BCUT2D eigenvalue weighted by atomic mass is 16.2. The van der Waals surface area contributed by atoms with Crippen molar-refractivity contribution in [2.45, 2.75) is 19.3 Å². The fourth-order valence-corrected chi connectivity index (χ4v) is 1.93. The summed E-state index contributed by atoms with van der Waals surface area (Å²) in [7, 11) is 0. The molecule has 0 radical (unpaired) electrons. The Balaban J connectivity index is 2.00. The molecule has 1 aliphatic rings. The normalized spacial score (nSPS) is 19.6. The van der Waals surface area contributed by atoms with Crippen LogP contribution in [-0.4, -0.2) is 17.5 Å². The Morgan fingerprint density at radius 1 is 1.38 bits per heavy atom. The van der Waals surface area contributed by atoms with Gasteiger partial charge in [0.25, 0.3) is 0 Å². The van der Waals surface area contributed by atoms with Gasteiger partial charge in [0.05, 0.1) is 0 Å². The number of hydrogen-bond donors (Lipinski definition) is 1. The lowest BCUT2D eigenvalue weighted by atomic mass is 9.94. The summed E-state index contributed by atoms with van der Waals surface area (Å²) in [4.78, 5) is 10.9. The fourth-order valence-electron chi connectivity index (χ4n) is 1.93. The summed E-state index contributed by atoms with van der Waals surface area (Å²) < 4.78 is 0. The van der Waals surface area contributed by atoms with Gasteiger partial charge in [0.1, 0.15) is 0 Å². The number of nitrogens with one attached hydrogen (secondary N) is 1. The lowest BCUT2D eigenvalue weighted by Gasteiger charge is -2.27. The van der Waals surface area contributed by atoms with Gasteiger partial charge < -0.3 is 0 Å². The van der Waals surface area contributed by atoms with E-state index in [9.17, 15) is 4.79 Å². The first kappa shape index (κ1) is 10.7.